The minimum Gasteiger partial charge on any atom is -0.492 e. The van der Waals surface area contributed by atoms with Crippen molar-refractivity contribution in [1.82, 2.24) is 4.90 Å². The Labute approximate surface area is 129 Å². The van der Waals surface area contributed by atoms with Crippen molar-refractivity contribution >= 4 is 27.5 Å². The van der Waals surface area contributed by atoms with Crippen molar-refractivity contribution in [1.29, 1.82) is 0 Å². The number of alkyl halides is 1. The van der Waals surface area contributed by atoms with E-state index in [9.17, 15) is 0 Å². The molecule has 1 aliphatic heterocycles. The molecule has 0 aromatic heterocycles. The minimum absolute atomic E-state index is 0.759. The van der Waals surface area contributed by atoms with Crippen molar-refractivity contribution < 1.29 is 4.74 Å². The van der Waals surface area contributed by atoms with Crippen LogP contribution < -0.4 is 4.74 Å². The Hall–Kier alpha value is -0.250. The van der Waals surface area contributed by atoms with Gasteiger partial charge in [0.15, 0.2) is 0 Å². The van der Waals surface area contributed by atoms with Gasteiger partial charge in [0.1, 0.15) is 12.4 Å². The van der Waals surface area contributed by atoms with Crippen LogP contribution in [0.4, 0.5) is 0 Å². The molecule has 1 aromatic carbocycles. The number of hydrogen-bond acceptors (Lipinski definition) is 2. The van der Waals surface area contributed by atoms with Crippen molar-refractivity contribution in [2.75, 3.05) is 32.1 Å². The lowest BCUT2D eigenvalue weighted by atomic mass is 9.96. The molecule has 0 radical (unpaired) electrons. The molecule has 1 aliphatic rings. The van der Waals surface area contributed by atoms with Gasteiger partial charge in [-0.05, 0) is 56.0 Å². The third kappa shape index (κ3) is 5.33. The smallest absolute Gasteiger partial charge is 0.119 e. The van der Waals surface area contributed by atoms with Crippen LogP contribution >= 0.6 is 27.5 Å². The molecule has 4 heteroatoms. The molecule has 1 saturated heterocycles. The number of ether oxygens (including phenoxy) is 1. The highest BCUT2D eigenvalue weighted by atomic mass is 79.9. The van der Waals surface area contributed by atoms with Gasteiger partial charge in [-0.1, -0.05) is 15.9 Å². The van der Waals surface area contributed by atoms with Crippen LogP contribution in [0.1, 0.15) is 19.3 Å². The quantitative estimate of drug-likeness (QED) is 0.717. The molecule has 19 heavy (non-hydrogen) atoms. The molecule has 2 rings (SSSR count). The van der Waals surface area contributed by atoms with Gasteiger partial charge in [0.25, 0.3) is 0 Å². The Balaban J connectivity index is 1.69. The Kier molecular flexibility index (Phi) is 6.48. The molecule has 1 unspecified atom stereocenters. The average molecular weight is 347 g/mol. The first-order valence-electron chi connectivity index (χ1n) is 6.94. The summed E-state index contributed by atoms with van der Waals surface area (Å²) in [4.78, 5) is 2.50. The first-order valence-corrected chi connectivity index (χ1v) is 8.27. The second-order valence-corrected chi connectivity index (χ2v) is 6.38. The van der Waals surface area contributed by atoms with Crippen LogP contribution in [0.2, 0.25) is 0 Å². The van der Waals surface area contributed by atoms with Crippen molar-refractivity contribution in [3.8, 4) is 5.75 Å². The van der Waals surface area contributed by atoms with Gasteiger partial charge in [-0.25, -0.2) is 0 Å². The van der Waals surface area contributed by atoms with E-state index < -0.39 is 0 Å². The highest BCUT2D eigenvalue weighted by Gasteiger charge is 2.18. The lowest BCUT2D eigenvalue weighted by Gasteiger charge is -2.32. The van der Waals surface area contributed by atoms with Crippen LogP contribution in [0.15, 0.2) is 28.7 Å². The third-order valence-electron chi connectivity index (χ3n) is 3.61. The largest absolute Gasteiger partial charge is 0.492 e. The zero-order valence-electron chi connectivity index (χ0n) is 11.2. The van der Waals surface area contributed by atoms with E-state index in [2.05, 4.69) is 20.8 Å². The lowest BCUT2D eigenvalue weighted by molar-refractivity contribution is 0.145. The monoisotopic (exact) mass is 345 g/mol. The fourth-order valence-corrected chi connectivity index (χ4v) is 3.14. The number of benzene rings is 1. The van der Waals surface area contributed by atoms with Crippen LogP contribution in [0.25, 0.3) is 0 Å². The van der Waals surface area contributed by atoms with Gasteiger partial charge in [-0.3, -0.25) is 4.90 Å². The fourth-order valence-electron chi connectivity index (χ4n) is 2.57. The van der Waals surface area contributed by atoms with Gasteiger partial charge in [-0.2, -0.15) is 0 Å². The molecule has 1 fully saturated rings. The summed E-state index contributed by atoms with van der Waals surface area (Å²) in [7, 11) is 0. The Morgan fingerprint density at radius 3 is 2.84 bits per heavy atom. The first-order chi connectivity index (χ1) is 9.28. The van der Waals surface area contributed by atoms with Crippen molar-refractivity contribution in [3.63, 3.8) is 0 Å². The maximum absolute atomic E-state index is 5.83. The van der Waals surface area contributed by atoms with E-state index >= 15 is 0 Å². The number of hydrogen-bond donors (Lipinski definition) is 0. The van der Waals surface area contributed by atoms with E-state index in [0.29, 0.717) is 0 Å². The molecule has 0 amide bonds. The van der Waals surface area contributed by atoms with Crippen LogP contribution in [-0.4, -0.2) is 37.0 Å². The summed E-state index contributed by atoms with van der Waals surface area (Å²) in [5, 5.41) is 0. The third-order valence-corrected chi connectivity index (χ3v) is 4.36. The average Bonchev–Trinajstić information content (AvgIpc) is 2.42. The van der Waals surface area contributed by atoms with Crippen molar-refractivity contribution in [2.24, 2.45) is 5.92 Å². The van der Waals surface area contributed by atoms with E-state index in [1.165, 1.54) is 25.9 Å². The Morgan fingerprint density at radius 1 is 1.32 bits per heavy atom. The molecule has 0 saturated carbocycles. The molecule has 1 aromatic rings. The molecule has 0 bridgehead atoms. The Morgan fingerprint density at radius 2 is 2.11 bits per heavy atom. The molecule has 0 spiro atoms. The summed E-state index contributed by atoms with van der Waals surface area (Å²) in [5.41, 5.74) is 0. The zero-order chi connectivity index (χ0) is 13.5. The second-order valence-electron chi connectivity index (χ2n) is 5.09. The van der Waals surface area contributed by atoms with Crippen LogP contribution in [0.3, 0.4) is 0 Å². The highest BCUT2D eigenvalue weighted by molar-refractivity contribution is 9.10. The highest BCUT2D eigenvalue weighted by Crippen LogP contribution is 2.20. The summed E-state index contributed by atoms with van der Waals surface area (Å²) >= 11 is 9.26. The molecular formula is C15H21BrClNO. The van der Waals surface area contributed by atoms with Gasteiger partial charge < -0.3 is 4.74 Å². The van der Waals surface area contributed by atoms with E-state index in [4.69, 9.17) is 16.3 Å². The van der Waals surface area contributed by atoms with Crippen molar-refractivity contribution in [3.05, 3.63) is 28.7 Å². The molecule has 0 N–H and O–H groups in total. The zero-order valence-corrected chi connectivity index (χ0v) is 13.5. The molecule has 106 valence electrons. The Bertz CT molecular complexity index is 369. The van der Waals surface area contributed by atoms with Gasteiger partial charge in [0.05, 0.1) is 0 Å². The lowest BCUT2D eigenvalue weighted by Crippen LogP contribution is -2.38. The summed E-state index contributed by atoms with van der Waals surface area (Å²) < 4.78 is 6.85. The molecular weight excluding hydrogens is 326 g/mol. The first kappa shape index (κ1) is 15.1. The summed E-state index contributed by atoms with van der Waals surface area (Å²) in [6, 6.07) is 8.01. The summed E-state index contributed by atoms with van der Waals surface area (Å²) in [6.07, 6.45) is 3.77. The fraction of sp³-hybridized carbons (Fsp3) is 0.600. The van der Waals surface area contributed by atoms with Crippen LogP contribution in [0.5, 0.6) is 5.75 Å². The molecule has 1 heterocycles. The van der Waals surface area contributed by atoms with Crippen LogP contribution in [0, 0.1) is 5.92 Å². The normalized spacial score (nSPS) is 20.4. The number of rotatable bonds is 6. The van der Waals surface area contributed by atoms with Gasteiger partial charge in [0, 0.05) is 23.4 Å². The van der Waals surface area contributed by atoms with Gasteiger partial charge in [-0.15, -0.1) is 11.6 Å². The summed E-state index contributed by atoms with van der Waals surface area (Å²) in [6.45, 7) is 4.14. The topological polar surface area (TPSA) is 12.5 Å². The summed E-state index contributed by atoms with van der Waals surface area (Å²) in [5.74, 6) is 2.50. The van der Waals surface area contributed by atoms with E-state index in [0.717, 1.165) is 41.6 Å². The maximum Gasteiger partial charge on any atom is 0.119 e. The van der Waals surface area contributed by atoms with E-state index in [1.807, 2.05) is 24.3 Å². The standard InChI is InChI=1S/C15H21BrClNO/c16-14-3-5-15(6-4-14)19-11-10-18-9-1-2-13(12-18)7-8-17/h3-6,13H,1-2,7-12H2. The SMILES string of the molecule is ClCCC1CCCN(CCOc2ccc(Br)cc2)C1. The minimum atomic E-state index is 0.759. The van der Waals surface area contributed by atoms with E-state index in [1.54, 1.807) is 0 Å². The van der Waals surface area contributed by atoms with Gasteiger partial charge in [0.2, 0.25) is 0 Å². The number of piperidine rings is 1. The van der Waals surface area contributed by atoms with Crippen molar-refractivity contribution in [2.45, 2.75) is 19.3 Å². The van der Waals surface area contributed by atoms with Crippen LogP contribution in [-0.2, 0) is 0 Å². The number of halogens is 2. The molecule has 2 nitrogen and oxygen atoms in total. The second kappa shape index (κ2) is 8.13. The predicted octanol–water partition coefficient (Wildman–Crippen LogP) is 4.17. The molecule has 0 aliphatic carbocycles. The number of likely N-dealkylation sites (tertiary alicyclic amines) is 1. The maximum atomic E-state index is 5.83. The predicted molar refractivity (Wildman–Crippen MR) is 84.1 cm³/mol. The number of nitrogens with zero attached hydrogens (tertiary/aromatic N) is 1. The molecule has 1 atom stereocenters. The van der Waals surface area contributed by atoms with E-state index in [-0.39, 0.29) is 0 Å². The van der Waals surface area contributed by atoms with Gasteiger partial charge >= 0.3 is 0 Å².